The molecule has 6 heteroatoms. The van der Waals surface area contributed by atoms with Gasteiger partial charge >= 0.3 is 0 Å². The van der Waals surface area contributed by atoms with E-state index in [9.17, 15) is 0 Å². The third-order valence-corrected chi connectivity index (χ3v) is 2.80. The van der Waals surface area contributed by atoms with Crippen molar-refractivity contribution in [2.75, 3.05) is 38.3 Å². The van der Waals surface area contributed by atoms with Crippen LogP contribution in [0, 0.1) is 6.92 Å². The summed E-state index contributed by atoms with van der Waals surface area (Å²) in [6.07, 6.45) is 0.0859. The Hall–Kier alpha value is -0.910. The van der Waals surface area contributed by atoms with Gasteiger partial charge in [0.1, 0.15) is 16.8 Å². The summed E-state index contributed by atoms with van der Waals surface area (Å²) in [6, 6.07) is 1.78. The van der Waals surface area contributed by atoms with Crippen molar-refractivity contribution in [2.24, 2.45) is 0 Å². The fraction of sp³-hybridized carbons (Fsp3) is 0.636. The van der Waals surface area contributed by atoms with Gasteiger partial charge < -0.3 is 14.4 Å². The van der Waals surface area contributed by atoms with Gasteiger partial charge in [0.15, 0.2) is 0 Å². The molecule has 1 fully saturated rings. The Morgan fingerprint density at radius 3 is 3.12 bits per heavy atom. The van der Waals surface area contributed by atoms with Gasteiger partial charge in [-0.05, 0) is 6.92 Å². The number of nitrogens with zero attached hydrogens (tertiary/aromatic N) is 3. The van der Waals surface area contributed by atoms with Gasteiger partial charge in [-0.2, -0.15) is 0 Å². The van der Waals surface area contributed by atoms with Gasteiger partial charge in [0.2, 0.25) is 0 Å². The Labute approximate surface area is 106 Å². The van der Waals surface area contributed by atoms with Gasteiger partial charge in [-0.25, -0.2) is 9.97 Å². The van der Waals surface area contributed by atoms with Crippen molar-refractivity contribution in [3.05, 3.63) is 17.0 Å². The predicted octanol–water partition coefficient (Wildman–Crippen LogP) is 1.29. The van der Waals surface area contributed by atoms with Crippen LogP contribution in [0.4, 0.5) is 5.82 Å². The Bertz CT molecular complexity index is 367. The van der Waals surface area contributed by atoms with Crippen molar-refractivity contribution >= 4 is 17.4 Å². The molecule has 5 nitrogen and oxygen atoms in total. The van der Waals surface area contributed by atoms with E-state index in [4.69, 9.17) is 21.1 Å². The number of rotatable bonds is 3. The van der Waals surface area contributed by atoms with Crippen LogP contribution >= 0.6 is 11.6 Å². The van der Waals surface area contributed by atoms with E-state index >= 15 is 0 Å². The Morgan fingerprint density at radius 2 is 2.41 bits per heavy atom. The van der Waals surface area contributed by atoms with Crippen molar-refractivity contribution in [2.45, 2.75) is 13.0 Å². The average molecular weight is 258 g/mol. The summed E-state index contributed by atoms with van der Waals surface area (Å²) in [6.45, 7) is 4.68. The lowest BCUT2D eigenvalue weighted by atomic mass is 10.3. The number of hydrogen-bond acceptors (Lipinski definition) is 5. The van der Waals surface area contributed by atoms with Gasteiger partial charge in [-0.3, -0.25) is 0 Å². The van der Waals surface area contributed by atoms with Gasteiger partial charge in [0, 0.05) is 26.3 Å². The van der Waals surface area contributed by atoms with Crippen molar-refractivity contribution in [3.63, 3.8) is 0 Å². The number of morpholine rings is 1. The van der Waals surface area contributed by atoms with Crippen LogP contribution in [-0.4, -0.2) is 49.5 Å². The van der Waals surface area contributed by atoms with Gasteiger partial charge in [0.25, 0.3) is 0 Å². The zero-order valence-corrected chi connectivity index (χ0v) is 10.8. The van der Waals surface area contributed by atoms with E-state index in [0.717, 1.165) is 18.9 Å². The number of hydrogen-bond donors (Lipinski definition) is 0. The maximum Gasteiger partial charge on any atom is 0.134 e. The molecule has 0 radical (unpaired) electrons. The van der Waals surface area contributed by atoms with Crippen molar-refractivity contribution < 1.29 is 9.47 Å². The van der Waals surface area contributed by atoms with Crippen molar-refractivity contribution in [1.82, 2.24) is 9.97 Å². The van der Waals surface area contributed by atoms with E-state index in [1.54, 1.807) is 13.2 Å². The van der Waals surface area contributed by atoms with Crippen LogP contribution < -0.4 is 4.90 Å². The van der Waals surface area contributed by atoms with Crippen LogP contribution in [0.15, 0.2) is 6.07 Å². The normalized spacial score (nSPS) is 20.6. The second-order valence-corrected chi connectivity index (χ2v) is 4.38. The minimum absolute atomic E-state index is 0.0859. The molecular formula is C11H16ClN3O2. The number of halogens is 1. The van der Waals surface area contributed by atoms with Gasteiger partial charge in [-0.1, -0.05) is 11.6 Å². The van der Waals surface area contributed by atoms with E-state index in [2.05, 4.69) is 14.9 Å². The molecule has 0 N–H and O–H groups in total. The molecular weight excluding hydrogens is 242 g/mol. The lowest BCUT2D eigenvalue weighted by Crippen LogP contribution is -2.44. The fourth-order valence-corrected chi connectivity index (χ4v) is 2.11. The first-order valence-electron chi connectivity index (χ1n) is 5.55. The van der Waals surface area contributed by atoms with Crippen molar-refractivity contribution in [3.8, 4) is 0 Å². The lowest BCUT2D eigenvalue weighted by molar-refractivity contribution is -0.0102. The topological polar surface area (TPSA) is 47.5 Å². The van der Waals surface area contributed by atoms with Crippen LogP contribution in [-0.2, 0) is 9.47 Å². The third kappa shape index (κ3) is 3.28. The molecule has 1 aromatic heterocycles. The molecule has 1 aliphatic rings. The van der Waals surface area contributed by atoms with Crippen LogP contribution in [0.25, 0.3) is 0 Å². The zero-order valence-electron chi connectivity index (χ0n) is 10.0. The molecule has 1 unspecified atom stereocenters. The van der Waals surface area contributed by atoms with E-state index in [0.29, 0.717) is 24.2 Å². The highest BCUT2D eigenvalue weighted by atomic mass is 35.5. The maximum absolute atomic E-state index is 5.93. The molecule has 0 saturated carbocycles. The Morgan fingerprint density at radius 1 is 1.59 bits per heavy atom. The number of aromatic nitrogens is 2. The highest BCUT2D eigenvalue weighted by Crippen LogP contribution is 2.18. The lowest BCUT2D eigenvalue weighted by Gasteiger charge is -2.33. The molecule has 1 saturated heterocycles. The standard InChI is InChI=1S/C11H16ClN3O2/c1-8-13-10(12)5-11(14-8)15-3-4-17-9(6-15)7-16-2/h5,9H,3-4,6-7H2,1-2H3. The van der Waals surface area contributed by atoms with Crippen LogP contribution in [0.1, 0.15) is 5.82 Å². The second kappa shape index (κ2) is 5.62. The molecule has 2 heterocycles. The monoisotopic (exact) mass is 257 g/mol. The predicted molar refractivity (Wildman–Crippen MR) is 65.6 cm³/mol. The number of ether oxygens (including phenoxy) is 2. The summed E-state index contributed by atoms with van der Waals surface area (Å²) in [4.78, 5) is 10.6. The van der Waals surface area contributed by atoms with E-state index in [1.165, 1.54) is 0 Å². The first-order chi connectivity index (χ1) is 8.19. The fourth-order valence-electron chi connectivity index (χ4n) is 1.89. The van der Waals surface area contributed by atoms with Crippen molar-refractivity contribution in [1.29, 1.82) is 0 Å². The highest BCUT2D eigenvalue weighted by Gasteiger charge is 2.21. The molecule has 0 spiro atoms. The number of methoxy groups -OCH3 is 1. The minimum atomic E-state index is 0.0859. The molecule has 2 rings (SSSR count). The van der Waals surface area contributed by atoms with Gasteiger partial charge in [-0.15, -0.1) is 0 Å². The van der Waals surface area contributed by atoms with Crippen LogP contribution in [0.2, 0.25) is 5.15 Å². The first kappa shape index (κ1) is 12.5. The summed E-state index contributed by atoms with van der Waals surface area (Å²) in [5, 5.41) is 0.474. The minimum Gasteiger partial charge on any atom is -0.382 e. The summed E-state index contributed by atoms with van der Waals surface area (Å²) in [5.74, 6) is 1.54. The molecule has 0 amide bonds. The SMILES string of the molecule is COCC1CN(c2cc(Cl)nc(C)n2)CCO1. The van der Waals surface area contributed by atoms with E-state index in [-0.39, 0.29) is 6.10 Å². The molecule has 0 aromatic carbocycles. The quantitative estimate of drug-likeness (QED) is 0.764. The van der Waals surface area contributed by atoms with Crippen LogP contribution in [0.5, 0.6) is 0 Å². The average Bonchev–Trinajstić information content (AvgIpc) is 2.28. The molecule has 1 atom stereocenters. The Balaban J connectivity index is 2.10. The smallest absolute Gasteiger partial charge is 0.134 e. The summed E-state index contributed by atoms with van der Waals surface area (Å²) >= 11 is 5.93. The maximum atomic E-state index is 5.93. The summed E-state index contributed by atoms with van der Waals surface area (Å²) < 4.78 is 10.7. The molecule has 0 aliphatic carbocycles. The molecule has 94 valence electrons. The molecule has 17 heavy (non-hydrogen) atoms. The summed E-state index contributed by atoms with van der Waals surface area (Å²) in [7, 11) is 1.67. The molecule has 0 bridgehead atoms. The summed E-state index contributed by atoms with van der Waals surface area (Å²) in [5.41, 5.74) is 0. The molecule has 1 aromatic rings. The second-order valence-electron chi connectivity index (χ2n) is 3.99. The zero-order chi connectivity index (χ0) is 12.3. The third-order valence-electron chi connectivity index (χ3n) is 2.61. The first-order valence-corrected chi connectivity index (χ1v) is 5.93. The molecule has 1 aliphatic heterocycles. The van der Waals surface area contributed by atoms with Gasteiger partial charge in [0.05, 0.1) is 19.3 Å². The van der Waals surface area contributed by atoms with E-state index in [1.807, 2.05) is 6.92 Å². The Kier molecular flexibility index (Phi) is 4.15. The van der Waals surface area contributed by atoms with Crippen LogP contribution in [0.3, 0.4) is 0 Å². The largest absolute Gasteiger partial charge is 0.382 e. The number of aryl methyl sites for hydroxylation is 1. The van der Waals surface area contributed by atoms with E-state index < -0.39 is 0 Å². The number of anilines is 1. The highest BCUT2D eigenvalue weighted by molar-refractivity contribution is 6.29.